The van der Waals surface area contributed by atoms with Gasteiger partial charge in [-0.1, -0.05) is 24.3 Å². The van der Waals surface area contributed by atoms with E-state index >= 15 is 0 Å². The van der Waals surface area contributed by atoms with Crippen LogP contribution in [-0.4, -0.2) is 53.8 Å². The van der Waals surface area contributed by atoms with Crippen molar-refractivity contribution < 1.29 is 23.9 Å². The first-order valence-corrected chi connectivity index (χ1v) is 8.26. The first-order chi connectivity index (χ1) is 12.7. The van der Waals surface area contributed by atoms with Gasteiger partial charge in [0, 0.05) is 19.7 Å². The molecule has 1 atom stereocenters. The van der Waals surface area contributed by atoms with Gasteiger partial charge in [-0.3, -0.25) is 14.4 Å². The minimum Gasteiger partial charge on any atom is -0.388 e. The minimum absolute atomic E-state index is 0.268. The van der Waals surface area contributed by atoms with Crippen molar-refractivity contribution in [2.45, 2.75) is 12.5 Å². The van der Waals surface area contributed by atoms with E-state index in [-0.39, 0.29) is 11.4 Å². The molecule has 0 aliphatic rings. The van der Waals surface area contributed by atoms with Crippen LogP contribution in [0, 0.1) is 5.82 Å². The monoisotopic (exact) mass is 372 g/mol. The third kappa shape index (κ3) is 3.88. The fourth-order valence-corrected chi connectivity index (χ4v) is 2.71. The summed E-state index contributed by atoms with van der Waals surface area (Å²) >= 11 is 0. The third-order valence-electron chi connectivity index (χ3n) is 4.64. The van der Waals surface area contributed by atoms with E-state index in [0.717, 1.165) is 16.0 Å². The van der Waals surface area contributed by atoms with E-state index in [4.69, 9.17) is 0 Å². The molecule has 0 aliphatic heterocycles. The summed E-state index contributed by atoms with van der Waals surface area (Å²) < 4.78 is 13.0. The highest BCUT2D eigenvalue weighted by molar-refractivity contribution is 6.14. The van der Waals surface area contributed by atoms with Crippen LogP contribution in [0.15, 0.2) is 48.5 Å². The van der Waals surface area contributed by atoms with Crippen molar-refractivity contribution in [1.82, 2.24) is 10.2 Å². The molecule has 6 nitrogen and oxygen atoms in total. The lowest BCUT2D eigenvalue weighted by molar-refractivity contribution is -0.143. The summed E-state index contributed by atoms with van der Waals surface area (Å²) in [6.07, 6.45) is 0. The second-order valence-corrected chi connectivity index (χ2v) is 6.18. The maximum atomic E-state index is 13.0. The summed E-state index contributed by atoms with van der Waals surface area (Å²) in [6, 6.07) is 12.5. The molecule has 0 fully saturated rings. The number of likely N-dealkylation sites (N-methyl/N-ethyl adjacent to an activating group) is 2. The largest absolute Gasteiger partial charge is 0.388 e. The van der Waals surface area contributed by atoms with Gasteiger partial charge >= 0.3 is 0 Å². The van der Waals surface area contributed by atoms with Crippen LogP contribution in [-0.2, 0) is 9.59 Å². The molecule has 0 saturated carbocycles. The van der Waals surface area contributed by atoms with Crippen molar-refractivity contribution in [3.63, 3.8) is 0 Å². The Morgan fingerprint density at radius 1 is 1.04 bits per heavy atom. The highest BCUT2D eigenvalue weighted by atomic mass is 19.1. The normalized spacial score (nSPS) is 12.8. The van der Waals surface area contributed by atoms with E-state index in [1.54, 1.807) is 36.4 Å². The zero-order valence-corrected chi connectivity index (χ0v) is 15.3. The van der Waals surface area contributed by atoms with Gasteiger partial charge in [-0.25, -0.2) is 4.39 Å². The van der Waals surface area contributed by atoms with Crippen LogP contribution in [0.2, 0.25) is 0 Å². The predicted molar refractivity (Wildman–Crippen MR) is 98.5 cm³/mol. The number of halogens is 1. The number of amides is 2. The van der Waals surface area contributed by atoms with Gasteiger partial charge in [0.05, 0.1) is 0 Å². The Bertz CT molecular complexity index is 831. The Morgan fingerprint density at radius 2 is 1.52 bits per heavy atom. The van der Waals surface area contributed by atoms with Crippen molar-refractivity contribution in [2.75, 3.05) is 20.7 Å². The van der Waals surface area contributed by atoms with Crippen LogP contribution >= 0.6 is 0 Å². The van der Waals surface area contributed by atoms with Crippen molar-refractivity contribution in [3.8, 4) is 11.1 Å². The topological polar surface area (TPSA) is 86.7 Å². The smallest absolute Gasteiger partial charge is 0.254 e. The number of benzene rings is 2. The van der Waals surface area contributed by atoms with Crippen LogP contribution in [0.5, 0.6) is 0 Å². The molecule has 27 heavy (non-hydrogen) atoms. The summed E-state index contributed by atoms with van der Waals surface area (Å²) in [5.41, 5.74) is 0.00396. The molecule has 0 spiro atoms. The van der Waals surface area contributed by atoms with Crippen LogP contribution < -0.4 is 5.32 Å². The van der Waals surface area contributed by atoms with Gasteiger partial charge in [0.25, 0.3) is 11.8 Å². The number of nitrogens with zero attached hydrogens (tertiary/aromatic N) is 1. The van der Waals surface area contributed by atoms with Crippen molar-refractivity contribution >= 4 is 17.6 Å². The molecular weight excluding hydrogens is 351 g/mol. The average molecular weight is 372 g/mol. The maximum absolute atomic E-state index is 13.0. The van der Waals surface area contributed by atoms with Crippen LogP contribution in [0.1, 0.15) is 17.3 Å². The van der Waals surface area contributed by atoms with Gasteiger partial charge < -0.3 is 15.3 Å². The fourth-order valence-electron chi connectivity index (χ4n) is 2.71. The second kappa shape index (κ2) is 8.09. The molecular formula is C20H21FN2O4. The van der Waals surface area contributed by atoms with E-state index in [0.29, 0.717) is 0 Å². The Morgan fingerprint density at radius 3 is 1.96 bits per heavy atom. The van der Waals surface area contributed by atoms with Gasteiger partial charge in [-0.15, -0.1) is 0 Å². The molecule has 0 heterocycles. The SMILES string of the molecule is CNC(=O)[C@@](C)(C(=O)CO)N(C)C(=O)c1ccc(-c2ccc(F)cc2)cc1. The van der Waals surface area contributed by atoms with E-state index in [9.17, 15) is 23.9 Å². The number of hydrogen-bond acceptors (Lipinski definition) is 4. The van der Waals surface area contributed by atoms with E-state index < -0.39 is 29.7 Å². The Kier molecular flexibility index (Phi) is 6.07. The zero-order chi connectivity index (χ0) is 20.2. The standard InChI is InChI=1S/C20H21FN2O4/c1-20(17(25)12-24,19(27)22-2)23(3)18(26)15-6-4-13(5-7-15)14-8-10-16(21)11-9-14/h4-11,24H,12H2,1-3H3,(H,22,27)/t20-/m1/s1. The Balaban J connectivity index is 2.31. The molecule has 0 aromatic heterocycles. The number of carbonyl (C=O) groups excluding carboxylic acids is 3. The highest BCUT2D eigenvalue weighted by Crippen LogP contribution is 2.23. The highest BCUT2D eigenvalue weighted by Gasteiger charge is 2.46. The number of aliphatic hydroxyl groups excluding tert-OH is 1. The lowest BCUT2D eigenvalue weighted by Gasteiger charge is -2.35. The molecule has 2 aromatic carbocycles. The van der Waals surface area contributed by atoms with E-state index in [1.165, 1.54) is 33.2 Å². The summed E-state index contributed by atoms with van der Waals surface area (Å²) in [7, 11) is 2.68. The van der Waals surface area contributed by atoms with Gasteiger partial charge in [0.15, 0.2) is 11.3 Å². The molecule has 0 bridgehead atoms. The number of rotatable bonds is 6. The quantitative estimate of drug-likeness (QED) is 0.755. The van der Waals surface area contributed by atoms with E-state index in [2.05, 4.69) is 5.32 Å². The minimum atomic E-state index is -1.84. The zero-order valence-electron chi connectivity index (χ0n) is 15.3. The number of ketones is 1. The molecule has 2 rings (SSSR count). The maximum Gasteiger partial charge on any atom is 0.254 e. The lowest BCUT2D eigenvalue weighted by atomic mass is 9.92. The lowest BCUT2D eigenvalue weighted by Crippen LogP contribution is -2.62. The second-order valence-electron chi connectivity index (χ2n) is 6.18. The van der Waals surface area contributed by atoms with Gasteiger partial charge in [0.2, 0.25) is 0 Å². The number of Topliss-reactive ketones (excluding diaryl/α,β-unsaturated/α-hetero) is 1. The Labute approximate surface area is 156 Å². The fraction of sp³-hybridized carbons (Fsp3) is 0.250. The average Bonchev–Trinajstić information content (AvgIpc) is 2.71. The predicted octanol–water partition coefficient (Wildman–Crippen LogP) is 1.63. The first kappa shape index (κ1) is 20.3. The van der Waals surface area contributed by atoms with Crippen molar-refractivity contribution in [3.05, 3.63) is 59.9 Å². The number of carbonyl (C=O) groups is 3. The summed E-state index contributed by atoms with van der Waals surface area (Å²) in [5.74, 6) is -2.37. The van der Waals surface area contributed by atoms with Crippen molar-refractivity contribution in [2.24, 2.45) is 0 Å². The number of aliphatic hydroxyl groups is 1. The Hall–Kier alpha value is -3.06. The molecule has 0 saturated heterocycles. The molecule has 0 aliphatic carbocycles. The van der Waals surface area contributed by atoms with Gasteiger partial charge in [-0.2, -0.15) is 0 Å². The van der Waals surface area contributed by atoms with E-state index in [1.807, 2.05) is 0 Å². The molecule has 142 valence electrons. The van der Waals surface area contributed by atoms with Crippen LogP contribution in [0.3, 0.4) is 0 Å². The number of hydrogen-bond donors (Lipinski definition) is 2. The summed E-state index contributed by atoms with van der Waals surface area (Å²) in [5, 5.41) is 11.6. The summed E-state index contributed by atoms with van der Waals surface area (Å²) in [4.78, 5) is 38.2. The molecule has 2 amide bonds. The third-order valence-corrected chi connectivity index (χ3v) is 4.64. The molecule has 2 aromatic rings. The van der Waals surface area contributed by atoms with Crippen LogP contribution in [0.4, 0.5) is 4.39 Å². The van der Waals surface area contributed by atoms with Gasteiger partial charge in [-0.05, 0) is 42.3 Å². The summed E-state index contributed by atoms with van der Waals surface area (Å²) in [6.45, 7) is 0.417. The number of nitrogens with one attached hydrogen (secondary N) is 1. The molecule has 0 radical (unpaired) electrons. The molecule has 7 heteroatoms. The van der Waals surface area contributed by atoms with Gasteiger partial charge in [0.1, 0.15) is 12.4 Å². The van der Waals surface area contributed by atoms with Crippen molar-refractivity contribution in [1.29, 1.82) is 0 Å². The molecule has 2 N–H and O–H groups in total. The molecule has 0 unspecified atom stereocenters. The first-order valence-electron chi connectivity index (χ1n) is 8.26. The van der Waals surface area contributed by atoms with Crippen LogP contribution in [0.25, 0.3) is 11.1 Å².